The molecule has 1 fully saturated rings. The van der Waals surface area contributed by atoms with Gasteiger partial charge in [0.1, 0.15) is 0 Å². The number of hydrogen-bond acceptors (Lipinski definition) is 3. The van der Waals surface area contributed by atoms with Crippen LogP contribution in [0.25, 0.3) is 0 Å². The second kappa shape index (κ2) is 13.7. The first kappa shape index (κ1) is 22.3. The van der Waals surface area contributed by atoms with Gasteiger partial charge in [-0.1, -0.05) is 6.92 Å². The second-order valence-electron chi connectivity index (χ2n) is 5.74. The number of nitrogens with one attached hydrogen (secondary N) is 1. The van der Waals surface area contributed by atoms with E-state index < -0.39 is 0 Å². The summed E-state index contributed by atoms with van der Waals surface area (Å²) in [4.78, 5) is 9.69. The summed E-state index contributed by atoms with van der Waals surface area (Å²) in [6.07, 6.45) is 7.29. The first-order valence-corrected chi connectivity index (χ1v) is 9.84. The molecule has 1 unspecified atom stereocenters. The van der Waals surface area contributed by atoms with Gasteiger partial charge in [0.25, 0.3) is 0 Å². The molecule has 1 heterocycles. The maximum Gasteiger partial charge on any atom is 0.193 e. The number of halogens is 1. The van der Waals surface area contributed by atoms with Gasteiger partial charge in [-0.25, -0.2) is 0 Å². The Labute approximate surface area is 158 Å². The number of guanidine groups is 1. The number of likely N-dealkylation sites (tertiary alicyclic amines) is 1. The molecule has 22 heavy (non-hydrogen) atoms. The van der Waals surface area contributed by atoms with E-state index in [4.69, 9.17) is 4.99 Å². The van der Waals surface area contributed by atoms with Crippen LogP contribution in [-0.4, -0.2) is 73.6 Å². The second-order valence-corrected chi connectivity index (χ2v) is 6.73. The van der Waals surface area contributed by atoms with E-state index in [1.807, 2.05) is 11.8 Å². The average Bonchev–Trinajstić information content (AvgIpc) is 2.93. The van der Waals surface area contributed by atoms with E-state index in [1.54, 1.807) is 0 Å². The van der Waals surface area contributed by atoms with Crippen molar-refractivity contribution in [1.29, 1.82) is 0 Å². The van der Waals surface area contributed by atoms with Crippen molar-refractivity contribution >= 4 is 41.7 Å². The third-order valence-corrected chi connectivity index (χ3v) is 4.80. The van der Waals surface area contributed by atoms with Gasteiger partial charge in [0.05, 0.1) is 0 Å². The van der Waals surface area contributed by atoms with Gasteiger partial charge in [0.15, 0.2) is 5.96 Å². The Morgan fingerprint density at radius 1 is 1.36 bits per heavy atom. The highest BCUT2D eigenvalue weighted by atomic mass is 127. The molecule has 0 aliphatic carbocycles. The largest absolute Gasteiger partial charge is 0.357 e. The lowest BCUT2D eigenvalue weighted by molar-refractivity contribution is 0.232. The lowest BCUT2D eigenvalue weighted by Gasteiger charge is -2.29. The fourth-order valence-electron chi connectivity index (χ4n) is 2.93. The van der Waals surface area contributed by atoms with Crippen molar-refractivity contribution in [3.63, 3.8) is 0 Å². The molecule has 1 atom stereocenters. The highest BCUT2D eigenvalue weighted by Crippen LogP contribution is 2.17. The Balaban J connectivity index is 0.00000441. The fourth-order valence-corrected chi connectivity index (χ4v) is 3.43. The van der Waals surface area contributed by atoms with Gasteiger partial charge >= 0.3 is 0 Å². The summed E-state index contributed by atoms with van der Waals surface area (Å²) < 4.78 is 0. The van der Waals surface area contributed by atoms with E-state index in [0.29, 0.717) is 6.04 Å². The maximum atomic E-state index is 4.78. The molecular formula is C16H35IN4S. The minimum Gasteiger partial charge on any atom is -0.357 e. The molecule has 1 aliphatic heterocycles. The zero-order valence-corrected chi connectivity index (χ0v) is 18.0. The standard InChI is InChI=1S/C16H34N4S.HI/c1-5-17-16(18-11-7-8-13-21-4)19(3)14-15-10-9-12-20(15)6-2;/h15H,5-14H2,1-4H3,(H,17,18);1H. The van der Waals surface area contributed by atoms with E-state index in [0.717, 1.165) is 25.6 Å². The molecule has 1 aliphatic rings. The van der Waals surface area contributed by atoms with Crippen LogP contribution in [-0.2, 0) is 0 Å². The highest BCUT2D eigenvalue weighted by molar-refractivity contribution is 14.0. The topological polar surface area (TPSA) is 30.9 Å². The Morgan fingerprint density at radius 2 is 2.14 bits per heavy atom. The number of nitrogens with zero attached hydrogens (tertiary/aromatic N) is 3. The van der Waals surface area contributed by atoms with Gasteiger partial charge in [-0.2, -0.15) is 11.8 Å². The smallest absolute Gasteiger partial charge is 0.193 e. The van der Waals surface area contributed by atoms with Crippen LogP contribution < -0.4 is 5.32 Å². The molecule has 0 aromatic rings. The Hall–Kier alpha value is 0.310. The summed E-state index contributed by atoms with van der Waals surface area (Å²) in [5.74, 6) is 2.32. The summed E-state index contributed by atoms with van der Waals surface area (Å²) >= 11 is 1.92. The molecule has 132 valence electrons. The van der Waals surface area contributed by atoms with E-state index in [9.17, 15) is 0 Å². The third kappa shape index (κ3) is 8.24. The van der Waals surface area contributed by atoms with Gasteiger partial charge in [0, 0.05) is 32.7 Å². The predicted octanol–water partition coefficient (Wildman–Crippen LogP) is 3.13. The lowest BCUT2D eigenvalue weighted by Crippen LogP contribution is -2.46. The number of thioether (sulfide) groups is 1. The molecule has 0 spiro atoms. The Bertz CT molecular complexity index is 302. The Kier molecular flexibility index (Phi) is 13.9. The van der Waals surface area contributed by atoms with Crippen LogP contribution >= 0.6 is 35.7 Å². The average molecular weight is 442 g/mol. The van der Waals surface area contributed by atoms with Gasteiger partial charge in [-0.15, -0.1) is 24.0 Å². The molecule has 1 saturated heterocycles. The minimum absolute atomic E-state index is 0. The summed E-state index contributed by atoms with van der Waals surface area (Å²) in [7, 11) is 2.18. The van der Waals surface area contributed by atoms with Crippen molar-refractivity contribution < 1.29 is 0 Å². The van der Waals surface area contributed by atoms with Crippen LogP contribution in [0, 0.1) is 0 Å². The van der Waals surface area contributed by atoms with Crippen LogP contribution in [0.1, 0.15) is 39.5 Å². The van der Waals surface area contributed by atoms with Crippen molar-refractivity contribution in [3.8, 4) is 0 Å². The number of likely N-dealkylation sites (N-methyl/N-ethyl adjacent to an activating group) is 2. The number of hydrogen-bond donors (Lipinski definition) is 1. The number of rotatable bonds is 9. The predicted molar refractivity (Wildman–Crippen MR) is 112 cm³/mol. The molecule has 1 N–H and O–H groups in total. The van der Waals surface area contributed by atoms with E-state index in [1.165, 1.54) is 44.5 Å². The molecule has 0 aromatic carbocycles. The van der Waals surface area contributed by atoms with Gasteiger partial charge in [-0.05, 0) is 57.7 Å². The quantitative estimate of drug-likeness (QED) is 0.257. The zero-order chi connectivity index (χ0) is 15.5. The van der Waals surface area contributed by atoms with Gasteiger partial charge in [0.2, 0.25) is 0 Å². The SMILES string of the molecule is CCNC(=NCCCCSC)N(C)CC1CCCN1CC.I. The van der Waals surface area contributed by atoms with Crippen molar-refractivity contribution in [2.45, 2.75) is 45.6 Å². The monoisotopic (exact) mass is 442 g/mol. The van der Waals surface area contributed by atoms with Crippen molar-refractivity contribution in [2.24, 2.45) is 4.99 Å². The van der Waals surface area contributed by atoms with E-state index in [2.05, 4.69) is 42.3 Å². The molecule has 0 saturated carbocycles. The zero-order valence-electron chi connectivity index (χ0n) is 14.8. The number of aliphatic imine (C=N–C) groups is 1. The maximum absolute atomic E-state index is 4.78. The molecule has 0 radical (unpaired) electrons. The molecule has 6 heteroatoms. The number of unbranched alkanes of at least 4 members (excludes halogenated alkanes) is 1. The van der Waals surface area contributed by atoms with E-state index >= 15 is 0 Å². The van der Waals surface area contributed by atoms with Crippen molar-refractivity contribution in [2.75, 3.05) is 51.8 Å². The molecule has 0 bridgehead atoms. The van der Waals surface area contributed by atoms with Crippen molar-refractivity contribution in [3.05, 3.63) is 0 Å². The summed E-state index contributed by atoms with van der Waals surface area (Å²) in [5, 5.41) is 3.43. The fraction of sp³-hybridized carbons (Fsp3) is 0.938. The van der Waals surface area contributed by atoms with Crippen LogP contribution in [0.2, 0.25) is 0 Å². The van der Waals surface area contributed by atoms with Gasteiger partial charge < -0.3 is 10.2 Å². The summed E-state index contributed by atoms with van der Waals surface area (Å²) in [6, 6.07) is 0.695. The van der Waals surface area contributed by atoms with Crippen LogP contribution in [0.3, 0.4) is 0 Å². The third-order valence-electron chi connectivity index (χ3n) is 4.10. The molecule has 4 nitrogen and oxygen atoms in total. The molecule has 0 aromatic heterocycles. The van der Waals surface area contributed by atoms with Crippen LogP contribution in [0.4, 0.5) is 0 Å². The Morgan fingerprint density at radius 3 is 2.77 bits per heavy atom. The lowest BCUT2D eigenvalue weighted by atomic mass is 10.2. The summed E-state index contributed by atoms with van der Waals surface area (Å²) in [5.41, 5.74) is 0. The molecular weight excluding hydrogens is 407 g/mol. The van der Waals surface area contributed by atoms with E-state index in [-0.39, 0.29) is 24.0 Å². The normalized spacial score (nSPS) is 19.1. The molecule has 1 rings (SSSR count). The van der Waals surface area contributed by atoms with Crippen molar-refractivity contribution in [1.82, 2.24) is 15.1 Å². The first-order chi connectivity index (χ1) is 10.2. The minimum atomic E-state index is 0. The highest BCUT2D eigenvalue weighted by Gasteiger charge is 2.24. The molecule has 0 amide bonds. The first-order valence-electron chi connectivity index (χ1n) is 8.45. The van der Waals surface area contributed by atoms with Crippen LogP contribution in [0.5, 0.6) is 0 Å². The van der Waals surface area contributed by atoms with Gasteiger partial charge in [-0.3, -0.25) is 9.89 Å². The summed E-state index contributed by atoms with van der Waals surface area (Å²) in [6.45, 7) is 9.81. The van der Waals surface area contributed by atoms with Crippen LogP contribution in [0.15, 0.2) is 4.99 Å².